The maximum absolute atomic E-state index is 13.2. The monoisotopic (exact) mass is 463 g/mol. The number of benzene rings is 2. The lowest BCUT2D eigenvalue weighted by molar-refractivity contribution is 0.198. The highest BCUT2D eigenvalue weighted by atomic mass is 35.5. The maximum atomic E-state index is 13.2. The molecule has 33 heavy (non-hydrogen) atoms. The first-order valence-electron chi connectivity index (χ1n) is 10.9. The molecule has 1 fully saturated rings. The number of hydrogen-bond donors (Lipinski definition) is 0. The zero-order chi connectivity index (χ0) is 22.8. The molecular weight excluding hydrogens is 441 g/mol. The predicted molar refractivity (Wildman–Crippen MR) is 127 cm³/mol. The molecule has 0 N–H and O–H groups in total. The number of aromatic nitrogens is 3. The topological polar surface area (TPSA) is 54.4 Å². The largest absolute Gasteiger partial charge is 0.437 e. The van der Waals surface area contributed by atoms with E-state index >= 15 is 0 Å². The number of piperazine rings is 1. The lowest BCUT2D eigenvalue weighted by Gasteiger charge is -2.38. The molecule has 0 aliphatic carbocycles. The minimum absolute atomic E-state index is 0.208. The summed E-state index contributed by atoms with van der Waals surface area (Å²) in [5.74, 6) is 1.66. The summed E-state index contributed by atoms with van der Waals surface area (Å²) in [5, 5.41) is 1.35. The van der Waals surface area contributed by atoms with Gasteiger partial charge in [0.25, 0.3) is 0 Å². The van der Waals surface area contributed by atoms with Crippen LogP contribution in [0.5, 0.6) is 11.6 Å². The van der Waals surface area contributed by atoms with E-state index < -0.39 is 0 Å². The van der Waals surface area contributed by atoms with Gasteiger partial charge in [-0.25, -0.2) is 19.3 Å². The van der Waals surface area contributed by atoms with Crippen LogP contribution in [-0.2, 0) is 0 Å². The van der Waals surface area contributed by atoms with Crippen molar-refractivity contribution in [1.29, 1.82) is 0 Å². The van der Waals surface area contributed by atoms with E-state index in [9.17, 15) is 4.39 Å². The molecule has 3 heterocycles. The van der Waals surface area contributed by atoms with E-state index in [2.05, 4.69) is 31.7 Å². The van der Waals surface area contributed by atoms with Crippen LogP contribution in [0.4, 0.5) is 10.2 Å². The van der Waals surface area contributed by atoms with Gasteiger partial charge in [-0.3, -0.25) is 4.90 Å². The van der Waals surface area contributed by atoms with Gasteiger partial charge in [-0.2, -0.15) is 0 Å². The van der Waals surface area contributed by atoms with Gasteiger partial charge < -0.3 is 9.64 Å². The number of pyridine rings is 1. The summed E-state index contributed by atoms with van der Waals surface area (Å²) in [5.41, 5.74) is 1.81. The Hall–Kier alpha value is -3.29. The minimum atomic E-state index is -0.208. The quantitative estimate of drug-likeness (QED) is 0.365. The Labute approximate surface area is 196 Å². The van der Waals surface area contributed by atoms with Gasteiger partial charge in [0.2, 0.25) is 5.88 Å². The lowest BCUT2D eigenvalue weighted by atomic mass is 10.1. The Morgan fingerprint density at radius 1 is 0.970 bits per heavy atom. The van der Waals surface area contributed by atoms with Crippen LogP contribution < -0.4 is 9.64 Å². The molecule has 0 radical (unpaired) electrons. The van der Waals surface area contributed by atoms with E-state index in [1.54, 1.807) is 6.07 Å². The number of ether oxygens (including phenoxy) is 1. The van der Waals surface area contributed by atoms with E-state index in [0.29, 0.717) is 22.3 Å². The molecule has 2 aromatic heterocycles. The molecule has 0 amide bonds. The summed E-state index contributed by atoms with van der Waals surface area (Å²) in [6, 6.07) is 18.2. The van der Waals surface area contributed by atoms with E-state index in [-0.39, 0.29) is 11.9 Å². The third-order valence-electron chi connectivity index (χ3n) is 6.03. The third-order valence-corrected chi connectivity index (χ3v) is 6.24. The number of hydrogen-bond acceptors (Lipinski definition) is 6. The van der Waals surface area contributed by atoms with E-state index in [1.165, 1.54) is 18.5 Å². The number of nitrogens with zero attached hydrogens (tertiary/aromatic N) is 5. The number of rotatable bonds is 5. The summed E-state index contributed by atoms with van der Waals surface area (Å²) < 4.78 is 19.3. The molecule has 0 bridgehead atoms. The van der Waals surface area contributed by atoms with Crippen LogP contribution in [0.1, 0.15) is 18.5 Å². The summed E-state index contributed by atoms with van der Waals surface area (Å²) >= 11 is 6.08. The van der Waals surface area contributed by atoms with Gasteiger partial charge >= 0.3 is 0 Å². The average molecular weight is 464 g/mol. The Morgan fingerprint density at radius 3 is 2.55 bits per heavy atom. The Morgan fingerprint density at radius 2 is 1.76 bits per heavy atom. The highest BCUT2D eigenvalue weighted by molar-refractivity contribution is 6.29. The molecule has 0 saturated carbocycles. The summed E-state index contributed by atoms with van der Waals surface area (Å²) in [7, 11) is 0. The molecule has 0 spiro atoms. The highest BCUT2D eigenvalue weighted by Gasteiger charge is 2.23. The fourth-order valence-corrected chi connectivity index (χ4v) is 4.29. The predicted octanol–water partition coefficient (Wildman–Crippen LogP) is 5.49. The van der Waals surface area contributed by atoms with Crippen molar-refractivity contribution in [2.45, 2.75) is 13.0 Å². The van der Waals surface area contributed by atoms with Gasteiger partial charge in [0.05, 0.1) is 0 Å². The van der Waals surface area contributed by atoms with Gasteiger partial charge in [0.1, 0.15) is 28.6 Å². The second kappa shape index (κ2) is 9.29. The third kappa shape index (κ3) is 4.74. The van der Waals surface area contributed by atoms with Crippen LogP contribution in [0.3, 0.4) is 0 Å². The second-order valence-electron chi connectivity index (χ2n) is 8.03. The number of para-hydroxylation sites is 1. The van der Waals surface area contributed by atoms with Gasteiger partial charge in [0, 0.05) is 43.7 Å². The molecule has 1 unspecified atom stereocenters. The molecule has 1 aliphatic heterocycles. The van der Waals surface area contributed by atoms with Gasteiger partial charge in [-0.15, -0.1) is 0 Å². The standard InChI is InChI=1S/C25H23ClFN5O/c1-17(18-5-8-20(27)9-6-18)31-11-13-32(14-12-31)23-15-24(29-16-28-23)33-21-4-2-3-19-7-10-22(26)30-25(19)21/h2-10,15-17H,11-14H2,1H3. The maximum Gasteiger partial charge on any atom is 0.224 e. The molecule has 2 aromatic carbocycles. The lowest BCUT2D eigenvalue weighted by Crippen LogP contribution is -2.47. The van der Waals surface area contributed by atoms with Crippen molar-refractivity contribution in [3.8, 4) is 11.6 Å². The number of halogens is 2. The van der Waals surface area contributed by atoms with Crippen LogP contribution in [0.15, 0.2) is 67.0 Å². The Bertz CT molecular complexity index is 1260. The Kier molecular flexibility index (Phi) is 6.07. The van der Waals surface area contributed by atoms with Crippen molar-refractivity contribution in [3.63, 3.8) is 0 Å². The van der Waals surface area contributed by atoms with Crippen LogP contribution in [0.25, 0.3) is 10.9 Å². The first-order chi connectivity index (χ1) is 16.1. The Balaban J connectivity index is 1.28. The van der Waals surface area contributed by atoms with Gasteiger partial charge in [-0.1, -0.05) is 35.9 Å². The van der Waals surface area contributed by atoms with Crippen LogP contribution in [0, 0.1) is 5.82 Å². The molecule has 4 aromatic rings. The van der Waals surface area contributed by atoms with Crippen LogP contribution in [-0.4, -0.2) is 46.0 Å². The van der Waals surface area contributed by atoms with Crippen molar-refractivity contribution in [2.75, 3.05) is 31.1 Å². The van der Waals surface area contributed by atoms with Crippen molar-refractivity contribution in [2.24, 2.45) is 0 Å². The van der Waals surface area contributed by atoms with Gasteiger partial charge in [0.15, 0.2) is 5.75 Å². The van der Waals surface area contributed by atoms with Crippen LogP contribution in [0.2, 0.25) is 5.15 Å². The summed E-state index contributed by atoms with van der Waals surface area (Å²) in [4.78, 5) is 17.8. The van der Waals surface area contributed by atoms with E-state index in [1.807, 2.05) is 42.5 Å². The normalized spacial score (nSPS) is 15.5. The SMILES string of the molecule is CC(c1ccc(F)cc1)N1CCN(c2cc(Oc3cccc4ccc(Cl)nc34)ncn2)CC1. The molecule has 8 heteroatoms. The number of anilines is 1. The van der Waals surface area contributed by atoms with Gasteiger partial charge in [-0.05, 0) is 42.8 Å². The molecule has 1 saturated heterocycles. The molecule has 168 valence electrons. The first-order valence-corrected chi connectivity index (χ1v) is 11.2. The first kappa shape index (κ1) is 21.6. The van der Waals surface area contributed by atoms with Crippen molar-refractivity contribution < 1.29 is 9.13 Å². The fourth-order valence-electron chi connectivity index (χ4n) is 4.14. The molecular formula is C25H23ClFN5O. The average Bonchev–Trinajstić information content (AvgIpc) is 2.85. The fraction of sp³-hybridized carbons (Fsp3) is 0.240. The van der Waals surface area contributed by atoms with Crippen molar-refractivity contribution >= 4 is 28.3 Å². The van der Waals surface area contributed by atoms with Crippen LogP contribution >= 0.6 is 11.6 Å². The zero-order valence-corrected chi connectivity index (χ0v) is 18.9. The molecule has 5 rings (SSSR count). The zero-order valence-electron chi connectivity index (χ0n) is 18.2. The number of fused-ring (bicyclic) bond motifs is 1. The highest BCUT2D eigenvalue weighted by Crippen LogP contribution is 2.30. The van der Waals surface area contributed by atoms with Crippen molar-refractivity contribution in [3.05, 3.63) is 83.5 Å². The van der Waals surface area contributed by atoms with E-state index in [4.69, 9.17) is 16.3 Å². The molecule has 1 atom stereocenters. The van der Waals surface area contributed by atoms with E-state index in [0.717, 1.165) is 42.9 Å². The summed E-state index contributed by atoms with van der Waals surface area (Å²) in [6.07, 6.45) is 1.52. The van der Waals surface area contributed by atoms with Crippen molar-refractivity contribution in [1.82, 2.24) is 19.9 Å². The minimum Gasteiger partial charge on any atom is -0.437 e. The second-order valence-corrected chi connectivity index (χ2v) is 8.42. The molecule has 6 nitrogen and oxygen atoms in total. The smallest absolute Gasteiger partial charge is 0.224 e. The molecule has 1 aliphatic rings. The summed E-state index contributed by atoms with van der Waals surface area (Å²) in [6.45, 7) is 5.57.